The number of carboxylic acid groups (broad SMARTS) is 1. The number of hydrogen-bond donors (Lipinski definition) is 1. The van der Waals surface area contributed by atoms with E-state index in [0.717, 1.165) is 11.6 Å². The predicted molar refractivity (Wildman–Crippen MR) is 64.3 cm³/mol. The zero-order chi connectivity index (χ0) is 12.8. The van der Waals surface area contributed by atoms with Crippen molar-refractivity contribution in [2.75, 3.05) is 7.05 Å². The lowest BCUT2D eigenvalue weighted by atomic mass is 10.2. The molecule has 4 heteroatoms. The summed E-state index contributed by atoms with van der Waals surface area (Å²) in [5, 5.41) is 8.56. The maximum Gasteiger partial charge on any atom is 0.328 e. The average Bonchev–Trinajstić information content (AvgIpc) is 2.28. The molecule has 0 aromatic heterocycles. The number of carbonyl (C=O) groups is 2. The van der Waals surface area contributed by atoms with Crippen molar-refractivity contribution in [3.05, 3.63) is 47.5 Å². The van der Waals surface area contributed by atoms with E-state index in [1.54, 1.807) is 7.05 Å². The highest BCUT2D eigenvalue weighted by Gasteiger charge is 2.12. The van der Waals surface area contributed by atoms with Gasteiger partial charge in [-0.25, -0.2) is 4.79 Å². The van der Waals surface area contributed by atoms with Gasteiger partial charge in [0, 0.05) is 25.2 Å². The summed E-state index contributed by atoms with van der Waals surface area (Å²) in [5.74, 6) is -1.39. The standard InChI is InChI=1S/C13H15NO3/c1-10(8-12(15)16)13(17)14(2)9-11-6-4-3-5-7-11/h3-8H,9H2,1-2H3,(H,15,16)/b10-8+. The number of carboxylic acids is 1. The van der Waals surface area contributed by atoms with E-state index in [1.807, 2.05) is 30.3 Å². The maximum absolute atomic E-state index is 11.8. The van der Waals surface area contributed by atoms with E-state index in [4.69, 9.17) is 5.11 Å². The molecule has 1 N–H and O–H groups in total. The van der Waals surface area contributed by atoms with Crippen molar-refractivity contribution in [1.82, 2.24) is 4.90 Å². The van der Waals surface area contributed by atoms with Gasteiger partial charge < -0.3 is 10.0 Å². The third kappa shape index (κ3) is 4.10. The number of amides is 1. The third-order valence-corrected chi connectivity index (χ3v) is 2.29. The number of likely N-dealkylation sites (N-methyl/N-ethyl adjacent to an activating group) is 1. The number of hydrogen-bond acceptors (Lipinski definition) is 2. The maximum atomic E-state index is 11.8. The fraction of sp³-hybridized carbons (Fsp3) is 0.231. The molecular weight excluding hydrogens is 218 g/mol. The van der Waals surface area contributed by atoms with E-state index in [9.17, 15) is 9.59 Å². The lowest BCUT2D eigenvalue weighted by Gasteiger charge is -2.17. The van der Waals surface area contributed by atoms with E-state index in [2.05, 4.69) is 0 Å². The highest BCUT2D eigenvalue weighted by molar-refractivity contribution is 5.98. The van der Waals surface area contributed by atoms with Gasteiger partial charge >= 0.3 is 5.97 Å². The van der Waals surface area contributed by atoms with Gasteiger partial charge in [0.05, 0.1) is 0 Å². The zero-order valence-electron chi connectivity index (χ0n) is 9.88. The molecule has 0 heterocycles. The van der Waals surface area contributed by atoms with Gasteiger partial charge in [0.25, 0.3) is 0 Å². The molecule has 90 valence electrons. The molecule has 1 rings (SSSR count). The highest BCUT2D eigenvalue weighted by atomic mass is 16.4. The molecule has 1 aromatic rings. The smallest absolute Gasteiger partial charge is 0.328 e. The molecule has 0 spiro atoms. The van der Waals surface area contributed by atoms with Crippen LogP contribution in [0.3, 0.4) is 0 Å². The first-order valence-corrected chi connectivity index (χ1v) is 5.21. The second-order valence-electron chi connectivity index (χ2n) is 3.81. The largest absolute Gasteiger partial charge is 0.478 e. The van der Waals surface area contributed by atoms with Crippen molar-refractivity contribution in [3.63, 3.8) is 0 Å². The Kier molecular flexibility index (Phi) is 4.46. The van der Waals surface area contributed by atoms with E-state index in [0.29, 0.717) is 6.54 Å². The van der Waals surface area contributed by atoms with Crippen LogP contribution in [0.1, 0.15) is 12.5 Å². The molecule has 1 amide bonds. The minimum Gasteiger partial charge on any atom is -0.478 e. The van der Waals surface area contributed by atoms with Gasteiger partial charge in [0.1, 0.15) is 0 Å². The Morgan fingerprint density at radius 3 is 2.41 bits per heavy atom. The van der Waals surface area contributed by atoms with Gasteiger partial charge in [-0.2, -0.15) is 0 Å². The Bertz CT molecular complexity index is 437. The summed E-state index contributed by atoms with van der Waals surface area (Å²) in [6, 6.07) is 9.53. The van der Waals surface area contributed by atoms with E-state index >= 15 is 0 Å². The molecule has 0 bridgehead atoms. The van der Waals surface area contributed by atoms with Crippen LogP contribution in [0.25, 0.3) is 0 Å². The second kappa shape index (κ2) is 5.84. The molecule has 0 saturated carbocycles. The summed E-state index contributed by atoms with van der Waals surface area (Å²) in [6.45, 7) is 1.96. The van der Waals surface area contributed by atoms with Crippen molar-refractivity contribution in [1.29, 1.82) is 0 Å². The quantitative estimate of drug-likeness (QED) is 0.805. The summed E-state index contributed by atoms with van der Waals surface area (Å²) >= 11 is 0. The molecule has 0 aliphatic carbocycles. The van der Waals surface area contributed by atoms with Crippen molar-refractivity contribution in [2.24, 2.45) is 0 Å². The minimum atomic E-state index is -1.11. The number of aliphatic carboxylic acids is 1. The van der Waals surface area contributed by atoms with Crippen LogP contribution in [0.15, 0.2) is 42.0 Å². The molecule has 0 radical (unpaired) electrons. The van der Waals surface area contributed by atoms with Crippen LogP contribution in [-0.2, 0) is 16.1 Å². The van der Waals surface area contributed by atoms with Gasteiger partial charge in [-0.3, -0.25) is 4.79 Å². The summed E-state index contributed by atoms with van der Waals surface area (Å²) in [4.78, 5) is 23.7. The fourth-order valence-corrected chi connectivity index (χ4v) is 1.48. The van der Waals surface area contributed by atoms with Gasteiger partial charge in [0.2, 0.25) is 5.91 Å². The summed E-state index contributed by atoms with van der Waals surface area (Å²) in [7, 11) is 1.65. The van der Waals surface area contributed by atoms with Crippen molar-refractivity contribution in [3.8, 4) is 0 Å². The van der Waals surface area contributed by atoms with Crippen molar-refractivity contribution >= 4 is 11.9 Å². The van der Waals surface area contributed by atoms with Gasteiger partial charge in [-0.05, 0) is 12.5 Å². The Balaban J connectivity index is 2.68. The zero-order valence-corrected chi connectivity index (χ0v) is 9.88. The van der Waals surface area contributed by atoms with Gasteiger partial charge in [-0.15, -0.1) is 0 Å². The minimum absolute atomic E-state index is 0.218. The van der Waals surface area contributed by atoms with Crippen LogP contribution >= 0.6 is 0 Å². The normalized spacial score (nSPS) is 11.1. The monoisotopic (exact) mass is 233 g/mol. The lowest BCUT2D eigenvalue weighted by molar-refractivity contribution is -0.132. The molecule has 0 unspecified atom stereocenters. The van der Waals surface area contributed by atoms with Crippen LogP contribution in [0.5, 0.6) is 0 Å². The van der Waals surface area contributed by atoms with Crippen LogP contribution < -0.4 is 0 Å². The molecule has 0 saturated heterocycles. The average molecular weight is 233 g/mol. The van der Waals surface area contributed by atoms with Crippen LogP contribution in [0.2, 0.25) is 0 Å². The van der Waals surface area contributed by atoms with Gasteiger partial charge in [0.15, 0.2) is 0 Å². The van der Waals surface area contributed by atoms with Crippen molar-refractivity contribution in [2.45, 2.75) is 13.5 Å². The van der Waals surface area contributed by atoms with Crippen LogP contribution in [0.4, 0.5) is 0 Å². The number of rotatable bonds is 4. The molecule has 0 aliphatic heterocycles. The number of benzene rings is 1. The molecular formula is C13H15NO3. The second-order valence-corrected chi connectivity index (χ2v) is 3.81. The summed E-state index contributed by atoms with van der Waals surface area (Å²) in [6.07, 6.45) is 0.920. The molecule has 0 fully saturated rings. The van der Waals surface area contributed by atoms with Crippen LogP contribution in [0, 0.1) is 0 Å². The summed E-state index contributed by atoms with van der Waals surface area (Å²) in [5.41, 5.74) is 1.22. The molecule has 0 atom stereocenters. The first-order chi connectivity index (χ1) is 8.00. The Morgan fingerprint density at radius 1 is 1.29 bits per heavy atom. The lowest BCUT2D eigenvalue weighted by Crippen LogP contribution is -2.27. The molecule has 4 nitrogen and oxygen atoms in total. The SMILES string of the molecule is C/C(=C\C(=O)O)C(=O)N(C)Cc1ccccc1. The number of carbonyl (C=O) groups excluding carboxylic acids is 1. The van der Waals surface area contributed by atoms with Crippen LogP contribution in [-0.4, -0.2) is 28.9 Å². The third-order valence-electron chi connectivity index (χ3n) is 2.29. The number of nitrogens with zero attached hydrogens (tertiary/aromatic N) is 1. The Labute approximate surface area is 100 Å². The first kappa shape index (κ1) is 13.0. The van der Waals surface area contributed by atoms with Gasteiger partial charge in [-0.1, -0.05) is 30.3 Å². The highest BCUT2D eigenvalue weighted by Crippen LogP contribution is 2.06. The van der Waals surface area contributed by atoms with E-state index in [-0.39, 0.29) is 11.5 Å². The summed E-state index contributed by atoms with van der Waals surface area (Å²) < 4.78 is 0. The fourth-order valence-electron chi connectivity index (χ4n) is 1.48. The van der Waals surface area contributed by atoms with E-state index in [1.165, 1.54) is 11.8 Å². The molecule has 17 heavy (non-hydrogen) atoms. The topological polar surface area (TPSA) is 57.6 Å². The Hall–Kier alpha value is -2.10. The Morgan fingerprint density at radius 2 is 1.88 bits per heavy atom. The molecule has 1 aromatic carbocycles. The molecule has 0 aliphatic rings. The van der Waals surface area contributed by atoms with E-state index < -0.39 is 5.97 Å². The predicted octanol–water partition coefficient (Wildman–Crippen LogP) is 1.68. The first-order valence-electron chi connectivity index (χ1n) is 5.21. The van der Waals surface area contributed by atoms with Crippen molar-refractivity contribution < 1.29 is 14.7 Å².